The molecule has 3 nitrogen and oxygen atoms in total. The van der Waals surface area contributed by atoms with E-state index in [1.54, 1.807) is 19.2 Å². The Kier molecular flexibility index (Phi) is 7.10. The molecule has 0 N–H and O–H groups in total. The second kappa shape index (κ2) is 8.07. The van der Waals surface area contributed by atoms with E-state index in [0.717, 1.165) is 3.57 Å². The number of methoxy groups -OCH3 is 1. The lowest BCUT2D eigenvalue weighted by molar-refractivity contribution is 0.0671. The topological polar surface area (TPSA) is 29.5 Å². The molecule has 0 radical (unpaired) electrons. The van der Waals surface area contributed by atoms with Crippen molar-refractivity contribution in [2.45, 2.75) is 13.8 Å². The van der Waals surface area contributed by atoms with Gasteiger partial charge in [-0.2, -0.15) is 0 Å². The van der Waals surface area contributed by atoms with Gasteiger partial charge >= 0.3 is 0 Å². The van der Waals surface area contributed by atoms with Crippen LogP contribution < -0.4 is 0 Å². The molecule has 106 valence electrons. The van der Waals surface area contributed by atoms with Crippen LogP contribution in [0.2, 0.25) is 5.02 Å². The second-order valence-corrected chi connectivity index (χ2v) is 6.36. The van der Waals surface area contributed by atoms with Crippen LogP contribution in [0.15, 0.2) is 18.2 Å². The van der Waals surface area contributed by atoms with Gasteiger partial charge in [0.05, 0.1) is 12.2 Å². The van der Waals surface area contributed by atoms with Gasteiger partial charge < -0.3 is 9.64 Å². The van der Waals surface area contributed by atoms with E-state index in [4.69, 9.17) is 16.3 Å². The lowest BCUT2D eigenvalue weighted by atomic mass is 10.1. The van der Waals surface area contributed by atoms with Crippen molar-refractivity contribution in [1.82, 2.24) is 4.90 Å². The van der Waals surface area contributed by atoms with Crippen LogP contribution in [0.4, 0.5) is 0 Å². The normalized spacial score (nSPS) is 10.8. The fraction of sp³-hybridized carbons (Fsp3) is 0.500. The first-order valence-electron chi connectivity index (χ1n) is 6.19. The van der Waals surface area contributed by atoms with E-state index in [1.165, 1.54) is 0 Å². The van der Waals surface area contributed by atoms with Crippen molar-refractivity contribution < 1.29 is 9.53 Å². The molecule has 0 saturated heterocycles. The Morgan fingerprint density at radius 3 is 2.74 bits per heavy atom. The average molecular weight is 396 g/mol. The molecule has 0 aromatic heterocycles. The molecule has 0 spiro atoms. The molecule has 1 aromatic rings. The van der Waals surface area contributed by atoms with Crippen molar-refractivity contribution in [3.8, 4) is 0 Å². The van der Waals surface area contributed by atoms with Crippen molar-refractivity contribution >= 4 is 40.1 Å². The van der Waals surface area contributed by atoms with Gasteiger partial charge in [-0.05, 0) is 46.7 Å². The van der Waals surface area contributed by atoms with Gasteiger partial charge in [0, 0.05) is 28.8 Å². The van der Waals surface area contributed by atoms with Crippen molar-refractivity contribution in [2.75, 3.05) is 26.8 Å². The maximum atomic E-state index is 12.6. The Morgan fingerprint density at radius 1 is 1.47 bits per heavy atom. The maximum Gasteiger partial charge on any atom is 0.255 e. The zero-order valence-corrected chi connectivity index (χ0v) is 14.4. The Morgan fingerprint density at radius 2 is 2.16 bits per heavy atom. The highest BCUT2D eigenvalue weighted by molar-refractivity contribution is 14.1. The van der Waals surface area contributed by atoms with E-state index < -0.39 is 0 Å². The molecule has 1 rings (SSSR count). The monoisotopic (exact) mass is 395 g/mol. The molecule has 0 aliphatic carbocycles. The molecule has 0 unspecified atom stereocenters. The van der Waals surface area contributed by atoms with E-state index >= 15 is 0 Å². The summed E-state index contributed by atoms with van der Waals surface area (Å²) < 4.78 is 5.99. The maximum absolute atomic E-state index is 12.6. The van der Waals surface area contributed by atoms with Gasteiger partial charge in [-0.15, -0.1) is 0 Å². The molecule has 0 bridgehead atoms. The summed E-state index contributed by atoms with van der Waals surface area (Å²) in [5, 5.41) is 0.583. The highest BCUT2D eigenvalue weighted by Crippen LogP contribution is 2.20. The van der Waals surface area contributed by atoms with Crippen molar-refractivity contribution in [3.05, 3.63) is 32.4 Å². The van der Waals surface area contributed by atoms with Crippen LogP contribution in [0.3, 0.4) is 0 Å². The fourth-order valence-corrected chi connectivity index (χ4v) is 2.49. The summed E-state index contributed by atoms with van der Waals surface area (Å²) in [5.74, 6) is 0.426. The fourth-order valence-electron chi connectivity index (χ4n) is 1.75. The van der Waals surface area contributed by atoms with E-state index in [9.17, 15) is 4.79 Å². The van der Waals surface area contributed by atoms with E-state index in [-0.39, 0.29) is 5.91 Å². The van der Waals surface area contributed by atoms with E-state index in [0.29, 0.717) is 36.2 Å². The van der Waals surface area contributed by atoms with Crippen LogP contribution in [0, 0.1) is 9.49 Å². The smallest absolute Gasteiger partial charge is 0.255 e. The Balaban J connectivity index is 2.93. The highest BCUT2D eigenvalue weighted by Gasteiger charge is 2.19. The summed E-state index contributed by atoms with van der Waals surface area (Å²) in [7, 11) is 1.64. The summed E-state index contributed by atoms with van der Waals surface area (Å²) in [4.78, 5) is 14.4. The molecule has 1 aromatic carbocycles. The van der Waals surface area contributed by atoms with Gasteiger partial charge in [-0.25, -0.2) is 0 Å². The SMILES string of the molecule is COCCN(CC(C)C)C(=O)c1cc(Cl)ccc1I. The lowest BCUT2D eigenvalue weighted by Crippen LogP contribution is -2.37. The first kappa shape index (κ1) is 16.7. The predicted molar refractivity (Wildman–Crippen MR) is 86.8 cm³/mol. The number of ether oxygens (including phenoxy) is 1. The van der Waals surface area contributed by atoms with Gasteiger partial charge in [0.25, 0.3) is 5.91 Å². The predicted octanol–water partition coefficient (Wildman–Crippen LogP) is 3.69. The molecule has 19 heavy (non-hydrogen) atoms. The lowest BCUT2D eigenvalue weighted by Gasteiger charge is -2.25. The van der Waals surface area contributed by atoms with Crippen LogP contribution in [-0.4, -0.2) is 37.6 Å². The standard InChI is InChI=1S/C14H19ClINO2/c1-10(2)9-17(6-7-19-3)14(18)12-8-11(15)4-5-13(12)16/h4-5,8,10H,6-7,9H2,1-3H3. The number of nitrogens with zero attached hydrogens (tertiary/aromatic N) is 1. The van der Waals surface area contributed by atoms with Crippen LogP contribution in [-0.2, 0) is 4.74 Å². The highest BCUT2D eigenvalue weighted by atomic mass is 127. The molecule has 0 atom stereocenters. The molecule has 0 fully saturated rings. The number of rotatable bonds is 6. The van der Waals surface area contributed by atoms with Gasteiger partial charge in [0.2, 0.25) is 0 Å². The number of amides is 1. The summed E-state index contributed by atoms with van der Waals surface area (Å²) >= 11 is 8.14. The first-order chi connectivity index (χ1) is 8.95. The van der Waals surface area contributed by atoms with Crippen molar-refractivity contribution in [3.63, 3.8) is 0 Å². The molecule has 0 heterocycles. The minimum atomic E-state index is 0.0117. The van der Waals surface area contributed by atoms with Crippen LogP contribution in [0.1, 0.15) is 24.2 Å². The van der Waals surface area contributed by atoms with Gasteiger partial charge in [0.15, 0.2) is 0 Å². The third-order valence-electron chi connectivity index (χ3n) is 2.60. The second-order valence-electron chi connectivity index (χ2n) is 4.76. The molecule has 0 saturated carbocycles. The molecule has 0 aliphatic rings. The number of hydrogen-bond acceptors (Lipinski definition) is 2. The minimum Gasteiger partial charge on any atom is -0.383 e. The summed E-state index contributed by atoms with van der Waals surface area (Å²) in [6.45, 7) is 6.03. The molecular weight excluding hydrogens is 377 g/mol. The third-order valence-corrected chi connectivity index (χ3v) is 3.77. The van der Waals surface area contributed by atoms with Crippen LogP contribution in [0.5, 0.6) is 0 Å². The molecular formula is C14H19ClINO2. The quantitative estimate of drug-likeness (QED) is 0.688. The Hall–Kier alpha value is -0.330. The van der Waals surface area contributed by atoms with Crippen LogP contribution >= 0.6 is 34.2 Å². The van der Waals surface area contributed by atoms with E-state index in [2.05, 4.69) is 36.4 Å². The summed E-state index contributed by atoms with van der Waals surface area (Å²) in [5.41, 5.74) is 0.657. The largest absolute Gasteiger partial charge is 0.383 e. The Labute approximate surface area is 133 Å². The Bertz CT molecular complexity index is 437. The summed E-state index contributed by atoms with van der Waals surface area (Å²) in [6.07, 6.45) is 0. The number of halogens is 2. The third kappa shape index (κ3) is 5.28. The number of carbonyl (C=O) groups is 1. The number of hydrogen-bond donors (Lipinski definition) is 0. The molecule has 1 amide bonds. The zero-order valence-electron chi connectivity index (χ0n) is 11.5. The molecule has 0 aliphatic heterocycles. The first-order valence-corrected chi connectivity index (χ1v) is 7.64. The average Bonchev–Trinajstić information content (AvgIpc) is 2.36. The number of carbonyl (C=O) groups excluding carboxylic acids is 1. The molecule has 5 heteroatoms. The van der Waals surface area contributed by atoms with Crippen LogP contribution in [0.25, 0.3) is 0 Å². The number of benzene rings is 1. The van der Waals surface area contributed by atoms with Crippen molar-refractivity contribution in [2.24, 2.45) is 5.92 Å². The summed E-state index contributed by atoms with van der Waals surface area (Å²) in [6, 6.07) is 5.38. The van der Waals surface area contributed by atoms with Gasteiger partial charge in [-0.1, -0.05) is 25.4 Å². The van der Waals surface area contributed by atoms with Crippen molar-refractivity contribution in [1.29, 1.82) is 0 Å². The van der Waals surface area contributed by atoms with Gasteiger partial charge in [0.1, 0.15) is 0 Å². The zero-order chi connectivity index (χ0) is 14.4. The van der Waals surface area contributed by atoms with E-state index in [1.807, 2.05) is 11.0 Å². The van der Waals surface area contributed by atoms with Gasteiger partial charge in [-0.3, -0.25) is 4.79 Å². The minimum absolute atomic E-state index is 0.0117.